The normalized spacial score (nSPS) is 10.5. The fraction of sp³-hybridized carbons (Fsp3) is 0.231. The second-order valence-electron chi connectivity index (χ2n) is 4.14. The van der Waals surface area contributed by atoms with E-state index >= 15 is 0 Å². The summed E-state index contributed by atoms with van der Waals surface area (Å²) in [7, 11) is 1.83. The van der Waals surface area contributed by atoms with E-state index in [9.17, 15) is 4.79 Å². The second kappa shape index (κ2) is 4.72. The van der Waals surface area contributed by atoms with Crippen LogP contribution in [0.1, 0.15) is 21.5 Å². The Labute approximate surface area is 105 Å². The molecule has 0 aliphatic carbocycles. The molecule has 2 aromatic rings. The topological polar surface area (TPSA) is 34.9 Å². The van der Waals surface area contributed by atoms with E-state index in [0.717, 1.165) is 11.1 Å². The molecule has 0 amide bonds. The summed E-state index contributed by atoms with van der Waals surface area (Å²) in [5, 5.41) is 4.63. The number of carbonyl (C=O) groups is 1. The molecule has 88 valence electrons. The summed E-state index contributed by atoms with van der Waals surface area (Å²) in [6.07, 6.45) is 3.90. The van der Waals surface area contributed by atoms with Gasteiger partial charge in [-0.3, -0.25) is 9.48 Å². The maximum absolute atomic E-state index is 12.0. The third kappa shape index (κ3) is 2.94. The zero-order chi connectivity index (χ0) is 12.4. The fourth-order valence-corrected chi connectivity index (χ4v) is 2.04. The Balaban J connectivity index is 2.19. The minimum Gasteiger partial charge on any atom is -0.294 e. The number of aromatic nitrogens is 2. The number of halogens is 1. The summed E-state index contributed by atoms with van der Waals surface area (Å²) < 4.78 is 1.69. The van der Waals surface area contributed by atoms with Gasteiger partial charge in [-0.25, -0.2) is 0 Å². The summed E-state index contributed by atoms with van der Waals surface area (Å²) in [6, 6.07) is 5.39. The first-order valence-electron chi connectivity index (χ1n) is 5.32. The van der Waals surface area contributed by atoms with E-state index in [1.807, 2.05) is 32.3 Å². The van der Waals surface area contributed by atoms with Crippen LogP contribution in [0, 0.1) is 6.92 Å². The highest BCUT2D eigenvalue weighted by Crippen LogP contribution is 2.16. The Morgan fingerprint density at radius 3 is 2.76 bits per heavy atom. The molecule has 0 saturated carbocycles. The maximum atomic E-state index is 12.0. The number of nitrogens with zero attached hydrogens (tertiary/aromatic N) is 2. The van der Waals surface area contributed by atoms with Crippen LogP contribution >= 0.6 is 11.6 Å². The Bertz CT molecular complexity index is 540. The van der Waals surface area contributed by atoms with Gasteiger partial charge >= 0.3 is 0 Å². The van der Waals surface area contributed by atoms with E-state index in [2.05, 4.69) is 5.10 Å². The number of benzene rings is 1. The predicted molar refractivity (Wildman–Crippen MR) is 67.4 cm³/mol. The van der Waals surface area contributed by atoms with Gasteiger partial charge in [0.1, 0.15) is 0 Å². The van der Waals surface area contributed by atoms with Crippen molar-refractivity contribution in [3.05, 3.63) is 52.3 Å². The van der Waals surface area contributed by atoms with Crippen LogP contribution in [0.4, 0.5) is 0 Å². The van der Waals surface area contributed by atoms with Gasteiger partial charge in [0.15, 0.2) is 5.78 Å². The smallest absolute Gasteiger partial charge is 0.167 e. The van der Waals surface area contributed by atoms with E-state index in [1.54, 1.807) is 16.9 Å². The zero-order valence-electron chi connectivity index (χ0n) is 9.77. The second-order valence-corrected chi connectivity index (χ2v) is 4.58. The highest BCUT2D eigenvalue weighted by molar-refractivity contribution is 6.31. The number of Topliss-reactive ketones (excluding diaryl/α,β-unsaturated/α-hetero) is 1. The van der Waals surface area contributed by atoms with Crippen LogP contribution in [0.2, 0.25) is 5.02 Å². The molecule has 0 bridgehead atoms. The predicted octanol–water partition coefficient (Wildman–Crippen LogP) is 2.81. The van der Waals surface area contributed by atoms with Crippen molar-refractivity contribution in [1.82, 2.24) is 9.78 Å². The molecule has 0 saturated heterocycles. The van der Waals surface area contributed by atoms with Crippen molar-refractivity contribution in [3.63, 3.8) is 0 Å². The third-order valence-corrected chi connectivity index (χ3v) is 2.71. The van der Waals surface area contributed by atoms with Crippen LogP contribution in [0.5, 0.6) is 0 Å². The first-order valence-corrected chi connectivity index (χ1v) is 5.70. The fourth-order valence-electron chi connectivity index (χ4n) is 1.75. The molecular weight excluding hydrogens is 236 g/mol. The molecule has 0 aliphatic rings. The zero-order valence-corrected chi connectivity index (χ0v) is 10.5. The maximum Gasteiger partial charge on any atom is 0.167 e. The lowest BCUT2D eigenvalue weighted by atomic mass is 10.0. The van der Waals surface area contributed by atoms with Gasteiger partial charge in [0.2, 0.25) is 0 Å². The highest BCUT2D eigenvalue weighted by Gasteiger charge is 2.09. The molecule has 1 aromatic heterocycles. The van der Waals surface area contributed by atoms with Gasteiger partial charge in [-0.1, -0.05) is 11.6 Å². The van der Waals surface area contributed by atoms with Gasteiger partial charge in [0.05, 0.1) is 6.20 Å². The molecule has 0 N–H and O–H groups in total. The Morgan fingerprint density at radius 1 is 1.41 bits per heavy atom. The molecule has 0 fully saturated rings. The summed E-state index contributed by atoms with van der Waals surface area (Å²) in [6.45, 7) is 1.92. The van der Waals surface area contributed by atoms with Gasteiger partial charge in [-0.2, -0.15) is 5.10 Å². The largest absolute Gasteiger partial charge is 0.294 e. The first kappa shape index (κ1) is 11.9. The van der Waals surface area contributed by atoms with Crippen LogP contribution in [0.25, 0.3) is 0 Å². The van der Waals surface area contributed by atoms with Gasteiger partial charge in [0, 0.05) is 30.3 Å². The van der Waals surface area contributed by atoms with Crippen LogP contribution < -0.4 is 0 Å². The lowest BCUT2D eigenvalue weighted by Crippen LogP contribution is -2.03. The molecule has 0 unspecified atom stereocenters. The first-order chi connectivity index (χ1) is 8.04. The number of rotatable bonds is 3. The molecule has 3 nitrogen and oxygen atoms in total. The average molecular weight is 249 g/mol. The SMILES string of the molecule is Cc1cc(Cl)cc(C(=O)Cc2cnn(C)c2)c1. The summed E-state index contributed by atoms with van der Waals surface area (Å²) in [5.74, 6) is 0.0589. The number of aryl methyl sites for hydroxylation is 2. The molecule has 4 heteroatoms. The number of carbonyl (C=O) groups excluding carboxylic acids is 1. The van der Waals surface area contributed by atoms with Gasteiger partial charge < -0.3 is 0 Å². The van der Waals surface area contributed by atoms with Crippen molar-refractivity contribution in [2.75, 3.05) is 0 Å². The summed E-state index contributed by atoms with van der Waals surface area (Å²) in [4.78, 5) is 12.0. The van der Waals surface area contributed by atoms with E-state index in [0.29, 0.717) is 17.0 Å². The van der Waals surface area contributed by atoms with Crippen molar-refractivity contribution >= 4 is 17.4 Å². The number of hydrogen-bond donors (Lipinski definition) is 0. The molecule has 0 radical (unpaired) electrons. The van der Waals surface area contributed by atoms with E-state index < -0.39 is 0 Å². The lowest BCUT2D eigenvalue weighted by Gasteiger charge is -2.02. The third-order valence-electron chi connectivity index (χ3n) is 2.49. The van der Waals surface area contributed by atoms with E-state index in [-0.39, 0.29) is 5.78 Å². The Hall–Kier alpha value is -1.61. The number of ketones is 1. The monoisotopic (exact) mass is 248 g/mol. The minimum atomic E-state index is 0.0589. The van der Waals surface area contributed by atoms with Crippen LogP contribution in [-0.4, -0.2) is 15.6 Å². The van der Waals surface area contributed by atoms with E-state index in [1.165, 1.54) is 0 Å². The Kier molecular flexibility index (Phi) is 3.29. The van der Waals surface area contributed by atoms with Crippen molar-refractivity contribution in [2.24, 2.45) is 7.05 Å². The van der Waals surface area contributed by atoms with Gasteiger partial charge in [-0.05, 0) is 36.2 Å². The van der Waals surface area contributed by atoms with Gasteiger partial charge in [-0.15, -0.1) is 0 Å². The minimum absolute atomic E-state index is 0.0589. The van der Waals surface area contributed by atoms with Crippen LogP contribution in [0.15, 0.2) is 30.6 Å². The molecule has 0 spiro atoms. The van der Waals surface area contributed by atoms with E-state index in [4.69, 9.17) is 11.6 Å². The standard InChI is InChI=1S/C13H13ClN2O/c1-9-3-11(6-12(14)4-9)13(17)5-10-7-15-16(2)8-10/h3-4,6-8H,5H2,1-2H3. The average Bonchev–Trinajstić information content (AvgIpc) is 2.62. The molecule has 17 heavy (non-hydrogen) atoms. The number of hydrogen-bond acceptors (Lipinski definition) is 2. The quantitative estimate of drug-likeness (QED) is 0.783. The molecule has 1 heterocycles. The van der Waals surface area contributed by atoms with Gasteiger partial charge in [0.25, 0.3) is 0 Å². The molecule has 0 atom stereocenters. The highest BCUT2D eigenvalue weighted by atomic mass is 35.5. The summed E-state index contributed by atoms with van der Waals surface area (Å²) in [5.41, 5.74) is 2.56. The molecule has 2 rings (SSSR count). The van der Waals surface area contributed by atoms with Crippen molar-refractivity contribution < 1.29 is 4.79 Å². The molecule has 1 aromatic carbocycles. The van der Waals surface area contributed by atoms with Crippen molar-refractivity contribution in [2.45, 2.75) is 13.3 Å². The Morgan fingerprint density at radius 2 is 2.18 bits per heavy atom. The molecule has 0 aliphatic heterocycles. The van der Waals surface area contributed by atoms with Crippen LogP contribution in [0.3, 0.4) is 0 Å². The van der Waals surface area contributed by atoms with Crippen LogP contribution in [-0.2, 0) is 13.5 Å². The lowest BCUT2D eigenvalue weighted by molar-refractivity contribution is 0.0993. The summed E-state index contributed by atoms with van der Waals surface area (Å²) >= 11 is 5.93. The molecular formula is C13H13ClN2O. The van der Waals surface area contributed by atoms with Crippen molar-refractivity contribution in [1.29, 1.82) is 0 Å². The van der Waals surface area contributed by atoms with Crippen molar-refractivity contribution in [3.8, 4) is 0 Å².